The maximum Gasteiger partial charge on any atom is 0.236 e. The van der Waals surface area contributed by atoms with Gasteiger partial charge >= 0.3 is 0 Å². The molecule has 0 atom stereocenters. The van der Waals surface area contributed by atoms with Crippen LogP contribution >= 0.6 is 0 Å². The van der Waals surface area contributed by atoms with E-state index >= 15 is 0 Å². The number of nitrogens with one attached hydrogen (secondary N) is 1. The van der Waals surface area contributed by atoms with E-state index in [1.54, 1.807) is 26.0 Å². The van der Waals surface area contributed by atoms with Crippen LogP contribution in [0.25, 0.3) is 0 Å². The van der Waals surface area contributed by atoms with Crippen LogP contribution in [-0.4, -0.2) is 86.3 Å². The van der Waals surface area contributed by atoms with Gasteiger partial charge in [-0.15, -0.1) is 0 Å². The fraction of sp³-hybridized carbons (Fsp3) is 0.786. The van der Waals surface area contributed by atoms with Crippen molar-refractivity contribution in [2.24, 2.45) is 0 Å². The summed E-state index contributed by atoms with van der Waals surface area (Å²) in [5.74, 6) is 0.0814. The van der Waals surface area contributed by atoms with Gasteiger partial charge in [-0.05, 0) is 19.9 Å². The van der Waals surface area contributed by atoms with Crippen LogP contribution in [-0.2, 0) is 14.4 Å². The first kappa shape index (κ1) is 17.4. The summed E-state index contributed by atoms with van der Waals surface area (Å²) in [6.07, 6.45) is 2.35. The summed E-state index contributed by atoms with van der Waals surface area (Å²) in [6.45, 7) is 2.51. The SMILES string of the molecule is CN(CC(=O)NCCCN1CCCC1=O)CC(=O)N(C)C. The molecule has 1 rings (SSSR count). The maximum absolute atomic E-state index is 11.7. The standard InChI is InChI=1S/C14H26N4O3/c1-16(2)14(21)11-17(3)10-12(19)15-7-5-9-18-8-4-6-13(18)20/h4-11H2,1-3H3,(H,15,19). The molecule has 1 N–H and O–H groups in total. The number of likely N-dealkylation sites (N-methyl/N-ethyl adjacent to an activating group) is 2. The van der Waals surface area contributed by atoms with Crippen molar-refractivity contribution in [1.29, 1.82) is 0 Å². The Bertz CT molecular complexity index is 384. The van der Waals surface area contributed by atoms with Crippen LogP contribution in [0.1, 0.15) is 19.3 Å². The van der Waals surface area contributed by atoms with Crippen LogP contribution in [0, 0.1) is 0 Å². The smallest absolute Gasteiger partial charge is 0.236 e. The third kappa shape index (κ3) is 6.57. The lowest BCUT2D eigenvalue weighted by Gasteiger charge is -2.19. The molecule has 0 aromatic heterocycles. The quantitative estimate of drug-likeness (QED) is 0.592. The third-order valence-electron chi connectivity index (χ3n) is 3.42. The van der Waals surface area contributed by atoms with Gasteiger partial charge in [0.05, 0.1) is 13.1 Å². The van der Waals surface area contributed by atoms with Gasteiger partial charge in [-0.2, -0.15) is 0 Å². The van der Waals surface area contributed by atoms with E-state index in [1.807, 2.05) is 4.90 Å². The molecular formula is C14H26N4O3. The summed E-state index contributed by atoms with van der Waals surface area (Å²) < 4.78 is 0. The molecule has 7 nitrogen and oxygen atoms in total. The Hall–Kier alpha value is -1.63. The van der Waals surface area contributed by atoms with Crippen molar-refractivity contribution < 1.29 is 14.4 Å². The first-order chi connectivity index (χ1) is 9.90. The van der Waals surface area contributed by atoms with E-state index in [0.29, 0.717) is 19.5 Å². The minimum atomic E-state index is -0.100. The van der Waals surface area contributed by atoms with Crippen LogP contribution < -0.4 is 5.32 Å². The lowest BCUT2D eigenvalue weighted by atomic mass is 10.3. The Morgan fingerprint density at radius 1 is 1.24 bits per heavy atom. The molecule has 7 heteroatoms. The summed E-state index contributed by atoms with van der Waals surface area (Å²) in [7, 11) is 5.12. The average molecular weight is 298 g/mol. The molecule has 1 aliphatic heterocycles. The molecule has 120 valence electrons. The minimum Gasteiger partial charge on any atom is -0.355 e. The molecule has 1 aliphatic rings. The summed E-state index contributed by atoms with van der Waals surface area (Å²) in [6, 6.07) is 0. The fourth-order valence-corrected chi connectivity index (χ4v) is 2.17. The molecular weight excluding hydrogens is 272 g/mol. The highest BCUT2D eigenvalue weighted by Gasteiger charge is 2.19. The van der Waals surface area contributed by atoms with E-state index in [1.165, 1.54) is 4.90 Å². The van der Waals surface area contributed by atoms with Crippen molar-refractivity contribution >= 4 is 17.7 Å². The third-order valence-corrected chi connectivity index (χ3v) is 3.42. The maximum atomic E-state index is 11.7. The summed E-state index contributed by atoms with van der Waals surface area (Å²) in [4.78, 5) is 39.6. The van der Waals surface area contributed by atoms with Crippen molar-refractivity contribution in [2.75, 3.05) is 53.9 Å². The predicted octanol–water partition coefficient (Wildman–Crippen LogP) is -0.865. The van der Waals surface area contributed by atoms with E-state index in [2.05, 4.69) is 5.32 Å². The Balaban J connectivity index is 2.10. The summed E-state index contributed by atoms with van der Waals surface area (Å²) in [5, 5.41) is 2.81. The molecule has 21 heavy (non-hydrogen) atoms. The Morgan fingerprint density at radius 3 is 2.52 bits per heavy atom. The van der Waals surface area contributed by atoms with Crippen molar-refractivity contribution in [3.63, 3.8) is 0 Å². The Labute approximate surface area is 126 Å². The van der Waals surface area contributed by atoms with Crippen LogP contribution in [0.15, 0.2) is 0 Å². The zero-order valence-electron chi connectivity index (χ0n) is 13.2. The van der Waals surface area contributed by atoms with Gasteiger partial charge in [0.1, 0.15) is 0 Å². The summed E-state index contributed by atoms with van der Waals surface area (Å²) in [5.41, 5.74) is 0. The van der Waals surface area contributed by atoms with Gasteiger partial charge in [0, 0.05) is 40.2 Å². The molecule has 1 fully saturated rings. The first-order valence-electron chi connectivity index (χ1n) is 7.33. The van der Waals surface area contributed by atoms with E-state index < -0.39 is 0 Å². The van der Waals surface area contributed by atoms with Gasteiger partial charge < -0.3 is 15.1 Å². The number of likely N-dealkylation sites (tertiary alicyclic amines) is 1. The zero-order chi connectivity index (χ0) is 15.8. The molecule has 1 heterocycles. The van der Waals surface area contributed by atoms with Crippen LogP contribution in [0.2, 0.25) is 0 Å². The second-order valence-corrected chi connectivity index (χ2v) is 5.65. The van der Waals surface area contributed by atoms with Gasteiger partial charge in [-0.25, -0.2) is 0 Å². The van der Waals surface area contributed by atoms with Crippen LogP contribution in [0.3, 0.4) is 0 Å². The number of rotatable bonds is 8. The predicted molar refractivity (Wildman–Crippen MR) is 79.6 cm³/mol. The topological polar surface area (TPSA) is 73.0 Å². The second-order valence-electron chi connectivity index (χ2n) is 5.65. The number of carbonyl (C=O) groups excluding carboxylic acids is 3. The molecule has 1 saturated heterocycles. The Kier molecular flexibility index (Phi) is 7.14. The molecule has 0 aromatic rings. The van der Waals surface area contributed by atoms with E-state index in [0.717, 1.165) is 19.4 Å². The normalized spacial score (nSPS) is 14.7. The number of carbonyl (C=O) groups is 3. The number of nitrogens with zero attached hydrogens (tertiary/aromatic N) is 3. The highest BCUT2D eigenvalue weighted by Crippen LogP contribution is 2.09. The zero-order valence-corrected chi connectivity index (χ0v) is 13.2. The molecule has 0 bridgehead atoms. The molecule has 3 amide bonds. The molecule has 0 aromatic carbocycles. The van der Waals surface area contributed by atoms with E-state index in [-0.39, 0.29) is 30.8 Å². The lowest BCUT2D eigenvalue weighted by Crippen LogP contribution is -2.41. The van der Waals surface area contributed by atoms with Gasteiger partial charge in [0.2, 0.25) is 17.7 Å². The van der Waals surface area contributed by atoms with Crippen LogP contribution in [0.4, 0.5) is 0 Å². The molecule has 0 spiro atoms. The lowest BCUT2D eigenvalue weighted by molar-refractivity contribution is -0.130. The first-order valence-corrected chi connectivity index (χ1v) is 7.33. The van der Waals surface area contributed by atoms with Crippen molar-refractivity contribution in [2.45, 2.75) is 19.3 Å². The van der Waals surface area contributed by atoms with Crippen LogP contribution in [0.5, 0.6) is 0 Å². The number of hydrogen-bond acceptors (Lipinski definition) is 4. The highest BCUT2D eigenvalue weighted by molar-refractivity contribution is 5.81. The molecule has 0 radical (unpaired) electrons. The second kappa shape index (κ2) is 8.61. The van der Waals surface area contributed by atoms with Gasteiger partial charge in [-0.1, -0.05) is 0 Å². The monoisotopic (exact) mass is 298 g/mol. The minimum absolute atomic E-state index is 0.0298. The summed E-state index contributed by atoms with van der Waals surface area (Å²) >= 11 is 0. The molecule has 0 saturated carbocycles. The van der Waals surface area contributed by atoms with Crippen molar-refractivity contribution in [3.8, 4) is 0 Å². The van der Waals surface area contributed by atoms with Crippen molar-refractivity contribution in [1.82, 2.24) is 20.0 Å². The average Bonchev–Trinajstić information content (AvgIpc) is 2.80. The van der Waals surface area contributed by atoms with E-state index in [9.17, 15) is 14.4 Å². The van der Waals surface area contributed by atoms with E-state index in [4.69, 9.17) is 0 Å². The Morgan fingerprint density at radius 2 is 1.95 bits per heavy atom. The van der Waals surface area contributed by atoms with Gasteiger partial charge in [0.25, 0.3) is 0 Å². The number of hydrogen-bond donors (Lipinski definition) is 1. The number of amides is 3. The largest absolute Gasteiger partial charge is 0.355 e. The molecule has 0 aliphatic carbocycles. The van der Waals surface area contributed by atoms with Gasteiger partial charge in [0.15, 0.2) is 0 Å². The molecule has 0 unspecified atom stereocenters. The van der Waals surface area contributed by atoms with Gasteiger partial charge in [-0.3, -0.25) is 19.3 Å². The fourth-order valence-electron chi connectivity index (χ4n) is 2.17. The van der Waals surface area contributed by atoms with Crippen molar-refractivity contribution in [3.05, 3.63) is 0 Å². The highest BCUT2D eigenvalue weighted by atomic mass is 16.2.